The number of hydrogen-bond acceptors (Lipinski definition) is 5. The van der Waals surface area contributed by atoms with Crippen LogP contribution in [0, 0.1) is 6.92 Å². The standard InChI is InChI=1S/C26H33ClN2O4/c1-17-20(14-21(16-30)24(23(17)27)32-12-11-28-4)13-18-5-7-19(8-6-18)25(31)29-15-22-9-10-26(2,3)33-22/h5-8,14,16,22,28H,9-13,15H2,1-4H3,(H,29,31). The first-order chi connectivity index (χ1) is 15.7. The molecule has 0 spiro atoms. The summed E-state index contributed by atoms with van der Waals surface area (Å²) in [5, 5.41) is 6.43. The van der Waals surface area contributed by atoms with Gasteiger partial charge in [-0.15, -0.1) is 0 Å². The van der Waals surface area contributed by atoms with E-state index in [1.54, 1.807) is 0 Å². The molecule has 1 saturated heterocycles. The number of carbonyl (C=O) groups excluding carboxylic acids is 2. The Labute approximate surface area is 201 Å². The van der Waals surface area contributed by atoms with Gasteiger partial charge in [-0.3, -0.25) is 9.59 Å². The van der Waals surface area contributed by atoms with Gasteiger partial charge in [-0.1, -0.05) is 23.7 Å². The van der Waals surface area contributed by atoms with Gasteiger partial charge in [0.05, 0.1) is 22.3 Å². The lowest BCUT2D eigenvalue weighted by Crippen LogP contribution is -2.33. The lowest BCUT2D eigenvalue weighted by atomic mass is 9.97. The lowest BCUT2D eigenvalue weighted by molar-refractivity contribution is -0.0138. The van der Waals surface area contributed by atoms with E-state index >= 15 is 0 Å². The number of benzene rings is 2. The van der Waals surface area contributed by atoms with E-state index in [-0.39, 0.29) is 17.6 Å². The fourth-order valence-corrected chi connectivity index (χ4v) is 4.28. The predicted octanol–water partition coefficient (Wildman–Crippen LogP) is 4.34. The van der Waals surface area contributed by atoms with Crippen LogP contribution in [0.5, 0.6) is 5.75 Å². The topological polar surface area (TPSA) is 76.7 Å². The molecule has 1 amide bonds. The number of nitrogens with one attached hydrogen (secondary N) is 2. The number of amides is 1. The van der Waals surface area contributed by atoms with E-state index in [4.69, 9.17) is 21.1 Å². The smallest absolute Gasteiger partial charge is 0.251 e. The van der Waals surface area contributed by atoms with E-state index in [0.29, 0.717) is 48.0 Å². The molecule has 6 nitrogen and oxygen atoms in total. The molecule has 1 aliphatic heterocycles. The lowest BCUT2D eigenvalue weighted by Gasteiger charge is -2.19. The molecule has 3 rings (SSSR count). The van der Waals surface area contributed by atoms with Crippen molar-refractivity contribution in [1.29, 1.82) is 0 Å². The molecule has 0 saturated carbocycles. The van der Waals surface area contributed by atoms with Crippen molar-refractivity contribution in [1.82, 2.24) is 10.6 Å². The van der Waals surface area contributed by atoms with Crippen molar-refractivity contribution >= 4 is 23.8 Å². The second kappa shape index (κ2) is 11.1. The molecular weight excluding hydrogens is 440 g/mol. The summed E-state index contributed by atoms with van der Waals surface area (Å²) in [4.78, 5) is 24.2. The highest BCUT2D eigenvalue weighted by Gasteiger charge is 2.31. The molecule has 7 heteroatoms. The van der Waals surface area contributed by atoms with Crippen LogP contribution < -0.4 is 15.4 Å². The van der Waals surface area contributed by atoms with Crippen molar-refractivity contribution in [3.05, 3.63) is 63.2 Å². The van der Waals surface area contributed by atoms with Crippen LogP contribution in [0.25, 0.3) is 0 Å². The molecule has 33 heavy (non-hydrogen) atoms. The fourth-order valence-electron chi connectivity index (χ4n) is 4.00. The zero-order valence-electron chi connectivity index (χ0n) is 19.8. The average molecular weight is 473 g/mol. The summed E-state index contributed by atoms with van der Waals surface area (Å²) in [6.45, 7) is 7.66. The van der Waals surface area contributed by atoms with Crippen LogP contribution >= 0.6 is 11.6 Å². The molecule has 0 radical (unpaired) electrons. The maximum absolute atomic E-state index is 12.5. The van der Waals surface area contributed by atoms with E-state index in [9.17, 15) is 9.59 Å². The summed E-state index contributed by atoms with van der Waals surface area (Å²) in [6, 6.07) is 9.31. The van der Waals surface area contributed by atoms with E-state index in [1.807, 2.05) is 44.3 Å². The van der Waals surface area contributed by atoms with Crippen molar-refractivity contribution in [2.75, 3.05) is 26.7 Å². The summed E-state index contributed by atoms with van der Waals surface area (Å²) in [6.07, 6.45) is 3.38. The second-order valence-electron chi connectivity index (χ2n) is 9.08. The quantitative estimate of drug-likeness (QED) is 0.397. The van der Waals surface area contributed by atoms with Gasteiger partial charge in [0.1, 0.15) is 12.4 Å². The Morgan fingerprint density at radius 1 is 1.30 bits per heavy atom. The minimum absolute atomic E-state index is 0.0631. The second-order valence-corrected chi connectivity index (χ2v) is 9.46. The van der Waals surface area contributed by atoms with Crippen LogP contribution in [0.2, 0.25) is 5.02 Å². The normalized spacial score (nSPS) is 17.1. The van der Waals surface area contributed by atoms with Gasteiger partial charge < -0.3 is 20.1 Å². The number of ether oxygens (including phenoxy) is 2. The number of carbonyl (C=O) groups is 2. The SMILES string of the molecule is CNCCOc1c(C=O)cc(Cc2ccc(C(=O)NCC3CCC(C)(C)O3)cc2)c(C)c1Cl. The first-order valence-corrected chi connectivity index (χ1v) is 11.7. The van der Waals surface area contributed by atoms with Crippen LogP contribution in [-0.4, -0.2) is 50.6 Å². The summed E-state index contributed by atoms with van der Waals surface area (Å²) in [5.74, 6) is 0.310. The van der Waals surface area contributed by atoms with Gasteiger partial charge >= 0.3 is 0 Å². The first kappa shape index (κ1) is 25.2. The maximum Gasteiger partial charge on any atom is 0.251 e. The summed E-state index contributed by atoms with van der Waals surface area (Å²) in [5.41, 5.74) is 3.77. The molecule has 0 aliphatic carbocycles. The molecular formula is C26H33ClN2O4. The minimum Gasteiger partial charge on any atom is -0.490 e. The van der Waals surface area contributed by atoms with Crippen molar-refractivity contribution < 1.29 is 19.1 Å². The van der Waals surface area contributed by atoms with Gasteiger partial charge in [0, 0.05) is 18.7 Å². The zero-order chi connectivity index (χ0) is 24.0. The molecule has 0 aromatic heterocycles. The Hall–Kier alpha value is -2.41. The van der Waals surface area contributed by atoms with Crippen molar-refractivity contribution in [2.45, 2.75) is 51.7 Å². The largest absolute Gasteiger partial charge is 0.490 e. The van der Waals surface area contributed by atoms with E-state index in [2.05, 4.69) is 24.5 Å². The van der Waals surface area contributed by atoms with Crippen molar-refractivity contribution in [3.8, 4) is 5.75 Å². The zero-order valence-corrected chi connectivity index (χ0v) is 20.6. The molecule has 2 N–H and O–H groups in total. The third-order valence-corrected chi connectivity index (χ3v) is 6.44. The molecule has 1 fully saturated rings. The summed E-state index contributed by atoms with van der Waals surface area (Å²) >= 11 is 6.53. The van der Waals surface area contributed by atoms with Gasteiger partial charge in [-0.25, -0.2) is 0 Å². The third kappa shape index (κ3) is 6.56. The number of rotatable bonds is 10. The molecule has 2 aromatic carbocycles. The minimum atomic E-state index is -0.112. The average Bonchev–Trinajstić information content (AvgIpc) is 3.15. The Balaban J connectivity index is 1.65. The van der Waals surface area contributed by atoms with Gasteiger partial charge in [-0.2, -0.15) is 0 Å². The Kier molecular flexibility index (Phi) is 8.51. The predicted molar refractivity (Wildman–Crippen MR) is 131 cm³/mol. The number of hydrogen-bond donors (Lipinski definition) is 2. The van der Waals surface area contributed by atoms with Gasteiger partial charge in [-0.05, 0) is 82.0 Å². The highest BCUT2D eigenvalue weighted by atomic mass is 35.5. The molecule has 1 heterocycles. The summed E-state index contributed by atoms with van der Waals surface area (Å²) in [7, 11) is 1.83. The first-order valence-electron chi connectivity index (χ1n) is 11.3. The van der Waals surface area contributed by atoms with Gasteiger partial charge in [0.25, 0.3) is 5.91 Å². The van der Waals surface area contributed by atoms with Crippen LogP contribution in [0.4, 0.5) is 0 Å². The molecule has 1 unspecified atom stereocenters. The molecule has 2 aromatic rings. The third-order valence-electron chi connectivity index (χ3n) is 5.98. The number of likely N-dealkylation sites (N-methyl/N-ethyl adjacent to an activating group) is 1. The van der Waals surface area contributed by atoms with E-state index < -0.39 is 0 Å². The van der Waals surface area contributed by atoms with E-state index in [1.165, 1.54) is 0 Å². The molecule has 1 atom stereocenters. The van der Waals surface area contributed by atoms with Crippen LogP contribution in [0.1, 0.15) is 64.1 Å². The molecule has 1 aliphatic rings. The van der Waals surface area contributed by atoms with Crippen molar-refractivity contribution in [2.24, 2.45) is 0 Å². The van der Waals surface area contributed by atoms with Gasteiger partial charge in [0.2, 0.25) is 0 Å². The van der Waals surface area contributed by atoms with Crippen LogP contribution in [-0.2, 0) is 11.2 Å². The summed E-state index contributed by atoms with van der Waals surface area (Å²) < 4.78 is 11.7. The van der Waals surface area contributed by atoms with Crippen molar-refractivity contribution in [3.63, 3.8) is 0 Å². The van der Waals surface area contributed by atoms with Crippen LogP contribution in [0.15, 0.2) is 30.3 Å². The van der Waals surface area contributed by atoms with Gasteiger partial charge in [0.15, 0.2) is 6.29 Å². The monoisotopic (exact) mass is 472 g/mol. The molecule has 178 valence electrons. The Morgan fingerprint density at radius 3 is 2.64 bits per heavy atom. The fraction of sp³-hybridized carbons (Fsp3) is 0.462. The van der Waals surface area contributed by atoms with Crippen LogP contribution in [0.3, 0.4) is 0 Å². The van der Waals surface area contributed by atoms with E-state index in [0.717, 1.165) is 35.8 Å². The highest BCUT2D eigenvalue weighted by molar-refractivity contribution is 6.33. The highest BCUT2D eigenvalue weighted by Crippen LogP contribution is 2.34. The molecule has 0 bridgehead atoms. The maximum atomic E-state index is 12.5. The Bertz CT molecular complexity index is 989. The number of aldehydes is 1. The Morgan fingerprint density at radius 2 is 2.03 bits per heavy atom. The number of halogens is 1.